The summed E-state index contributed by atoms with van der Waals surface area (Å²) in [5.41, 5.74) is 1.47. The van der Waals surface area contributed by atoms with Crippen LogP contribution in [0.1, 0.15) is 97.8 Å². The molecule has 0 heterocycles. The van der Waals surface area contributed by atoms with Gasteiger partial charge in [0.2, 0.25) is 0 Å². The highest BCUT2D eigenvalue weighted by molar-refractivity contribution is 5.99. The Labute approximate surface area is 165 Å². The molecule has 0 aromatic carbocycles. The minimum absolute atomic E-state index is 0.117. The molecule has 0 saturated heterocycles. The predicted molar refractivity (Wildman–Crippen MR) is 110 cm³/mol. The van der Waals surface area contributed by atoms with Gasteiger partial charge in [-0.25, -0.2) is 0 Å². The van der Waals surface area contributed by atoms with E-state index in [4.69, 9.17) is 4.74 Å². The minimum Gasteiger partial charge on any atom is -0.466 e. The first-order valence-electron chi connectivity index (χ1n) is 10.7. The van der Waals surface area contributed by atoms with Crippen molar-refractivity contribution in [1.82, 2.24) is 0 Å². The van der Waals surface area contributed by atoms with Gasteiger partial charge in [-0.15, -0.1) is 0 Å². The van der Waals surface area contributed by atoms with E-state index in [9.17, 15) is 14.7 Å². The fraction of sp³-hybridized carbons (Fsp3) is 0.739. The first kappa shape index (κ1) is 23.6. The summed E-state index contributed by atoms with van der Waals surface area (Å²) in [6.45, 7) is 6.28. The number of esters is 1. The number of rotatable bonds is 14. The number of Topliss-reactive ketones (excluding diaryl/α,β-unsaturated/α-hetero) is 1. The van der Waals surface area contributed by atoms with Crippen molar-refractivity contribution < 1.29 is 19.4 Å². The lowest BCUT2D eigenvalue weighted by atomic mass is 9.94. The highest BCUT2D eigenvalue weighted by atomic mass is 16.5. The molecule has 154 valence electrons. The zero-order valence-electron chi connectivity index (χ0n) is 17.5. The number of ether oxygens (including phenoxy) is 1. The zero-order chi connectivity index (χ0) is 20.1. The number of carbonyl (C=O) groups excluding carboxylic acids is 2. The van der Waals surface area contributed by atoms with E-state index in [2.05, 4.69) is 13.0 Å². The molecule has 1 N–H and O–H groups in total. The van der Waals surface area contributed by atoms with Gasteiger partial charge in [0.1, 0.15) is 0 Å². The van der Waals surface area contributed by atoms with Gasteiger partial charge in [-0.3, -0.25) is 9.59 Å². The Morgan fingerprint density at radius 1 is 1.15 bits per heavy atom. The molecule has 0 fully saturated rings. The molecule has 0 bridgehead atoms. The monoisotopic (exact) mass is 378 g/mol. The Bertz CT molecular complexity index is 528. The van der Waals surface area contributed by atoms with Crippen LogP contribution in [0.4, 0.5) is 0 Å². The molecule has 1 unspecified atom stereocenters. The number of ketones is 1. The Morgan fingerprint density at radius 3 is 2.59 bits per heavy atom. The molecule has 0 spiro atoms. The van der Waals surface area contributed by atoms with Crippen molar-refractivity contribution in [1.29, 1.82) is 0 Å². The molecule has 1 atom stereocenters. The highest BCUT2D eigenvalue weighted by Gasteiger charge is 2.21. The third-order valence-electron chi connectivity index (χ3n) is 5.15. The molecule has 4 heteroatoms. The van der Waals surface area contributed by atoms with Gasteiger partial charge in [-0.05, 0) is 63.5 Å². The third-order valence-corrected chi connectivity index (χ3v) is 5.15. The first-order chi connectivity index (χ1) is 12.9. The van der Waals surface area contributed by atoms with Crippen LogP contribution in [0, 0.1) is 0 Å². The fourth-order valence-corrected chi connectivity index (χ4v) is 3.49. The van der Waals surface area contributed by atoms with Gasteiger partial charge in [-0.2, -0.15) is 0 Å². The Balaban J connectivity index is 2.39. The molecule has 0 aliphatic heterocycles. The van der Waals surface area contributed by atoms with Crippen LogP contribution in [-0.2, 0) is 14.3 Å². The molecule has 0 aromatic rings. The maximum Gasteiger partial charge on any atom is 0.305 e. The van der Waals surface area contributed by atoms with Gasteiger partial charge in [0.05, 0.1) is 12.2 Å². The van der Waals surface area contributed by atoms with Crippen molar-refractivity contribution in [3.63, 3.8) is 0 Å². The summed E-state index contributed by atoms with van der Waals surface area (Å²) < 4.78 is 4.92. The second-order valence-corrected chi connectivity index (χ2v) is 7.85. The summed E-state index contributed by atoms with van der Waals surface area (Å²) >= 11 is 0. The van der Waals surface area contributed by atoms with Crippen LogP contribution < -0.4 is 0 Å². The first-order valence-corrected chi connectivity index (χ1v) is 10.7. The number of carbonyl (C=O) groups is 2. The lowest BCUT2D eigenvalue weighted by Crippen LogP contribution is -2.22. The molecular weight excluding hydrogens is 340 g/mol. The van der Waals surface area contributed by atoms with Crippen LogP contribution in [0.25, 0.3) is 0 Å². The summed E-state index contributed by atoms with van der Waals surface area (Å²) in [5, 5.41) is 10.4. The largest absolute Gasteiger partial charge is 0.466 e. The van der Waals surface area contributed by atoms with Gasteiger partial charge in [0.25, 0.3) is 0 Å². The Hall–Kier alpha value is -1.42. The average molecular weight is 379 g/mol. The van der Waals surface area contributed by atoms with Crippen molar-refractivity contribution in [3.05, 3.63) is 23.3 Å². The highest BCUT2D eigenvalue weighted by Crippen LogP contribution is 2.29. The lowest BCUT2D eigenvalue weighted by molar-refractivity contribution is -0.143. The number of hydrogen-bond acceptors (Lipinski definition) is 4. The average Bonchev–Trinajstić information content (AvgIpc) is 2.96. The molecule has 0 aromatic heterocycles. The molecule has 1 aliphatic carbocycles. The van der Waals surface area contributed by atoms with Crippen LogP contribution in [0.15, 0.2) is 23.3 Å². The molecule has 1 aliphatic rings. The second-order valence-electron chi connectivity index (χ2n) is 7.85. The van der Waals surface area contributed by atoms with Crippen LogP contribution in [0.2, 0.25) is 0 Å². The summed E-state index contributed by atoms with van der Waals surface area (Å²) in [5.74, 6) is 0.160. The molecule has 4 nitrogen and oxygen atoms in total. The standard InChI is InChI=1S/C23H38O4/c1-4-6-17-23(3,26)18-11-12-19-15-16-21(24)20(19)13-9-7-8-10-14-22(25)27-5-2/h11-12,26H,4-10,13-18H2,1-3H3/b12-11+. The van der Waals surface area contributed by atoms with Crippen LogP contribution >= 0.6 is 0 Å². The summed E-state index contributed by atoms with van der Waals surface area (Å²) in [6, 6.07) is 0. The maximum atomic E-state index is 12.2. The Kier molecular flexibility index (Phi) is 11.3. The molecular formula is C23H38O4. The summed E-state index contributed by atoms with van der Waals surface area (Å²) in [7, 11) is 0. The van der Waals surface area contributed by atoms with E-state index in [1.807, 2.05) is 19.9 Å². The molecule has 0 saturated carbocycles. The molecule has 1 rings (SSSR count). The van der Waals surface area contributed by atoms with E-state index >= 15 is 0 Å². The fourth-order valence-electron chi connectivity index (χ4n) is 3.49. The van der Waals surface area contributed by atoms with E-state index in [-0.39, 0.29) is 11.8 Å². The lowest BCUT2D eigenvalue weighted by Gasteiger charge is -2.21. The third kappa shape index (κ3) is 9.90. The molecule has 0 radical (unpaired) electrons. The van der Waals surface area contributed by atoms with Gasteiger partial charge in [-0.1, -0.05) is 44.8 Å². The van der Waals surface area contributed by atoms with Gasteiger partial charge >= 0.3 is 5.97 Å². The molecule has 27 heavy (non-hydrogen) atoms. The van der Waals surface area contributed by atoms with Gasteiger partial charge in [0, 0.05) is 12.8 Å². The predicted octanol–water partition coefficient (Wildman–Crippen LogP) is 5.44. The topological polar surface area (TPSA) is 63.6 Å². The van der Waals surface area contributed by atoms with Crippen molar-refractivity contribution in [2.45, 2.75) is 103 Å². The summed E-state index contributed by atoms with van der Waals surface area (Å²) in [4.78, 5) is 23.5. The normalized spacial score (nSPS) is 17.0. The smallest absolute Gasteiger partial charge is 0.305 e. The van der Waals surface area contributed by atoms with Gasteiger partial charge < -0.3 is 9.84 Å². The van der Waals surface area contributed by atoms with E-state index in [1.165, 1.54) is 0 Å². The van der Waals surface area contributed by atoms with E-state index in [0.717, 1.165) is 68.9 Å². The number of hydrogen-bond donors (Lipinski definition) is 1. The van der Waals surface area contributed by atoms with Crippen LogP contribution in [0.3, 0.4) is 0 Å². The van der Waals surface area contributed by atoms with E-state index in [1.54, 1.807) is 0 Å². The van der Waals surface area contributed by atoms with Crippen LogP contribution in [0.5, 0.6) is 0 Å². The number of allylic oxidation sites excluding steroid dienone is 3. The Morgan fingerprint density at radius 2 is 1.89 bits per heavy atom. The van der Waals surface area contributed by atoms with E-state index in [0.29, 0.717) is 25.9 Å². The zero-order valence-corrected chi connectivity index (χ0v) is 17.5. The maximum absolute atomic E-state index is 12.2. The van der Waals surface area contributed by atoms with Gasteiger partial charge in [0.15, 0.2) is 5.78 Å². The van der Waals surface area contributed by atoms with Crippen LogP contribution in [-0.4, -0.2) is 29.1 Å². The number of aliphatic hydroxyl groups is 1. The van der Waals surface area contributed by atoms with Crippen molar-refractivity contribution in [3.8, 4) is 0 Å². The SMILES string of the molecule is CCCCC(C)(O)C/C=C/C1=C(CCCCCCC(=O)OCC)C(=O)CC1. The van der Waals surface area contributed by atoms with Crippen molar-refractivity contribution in [2.24, 2.45) is 0 Å². The summed E-state index contributed by atoms with van der Waals surface area (Å²) in [6.07, 6.45) is 14.2. The molecule has 0 amide bonds. The number of unbranched alkanes of at least 4 members (excludes halogenated alkanes) is 4. The second kappa shape index (κ2) is 12.9. The quantitative estimate of drug-likeness (QED) is 0.323. The van der Waals surface area contributed by atoms with E-state index < -0.39 is 5.60 Å². The minimum atomic E-state index is -0.658. The van der Waals surface area contributed by atoms with Crippen molar-refractivity contribution >= 4 is 11.8 Å². The van der Waals surface area contributed by atoms with Crippen molar-refractivity contribution in [2.75, 3.05) is 6.61 Å².